The second kappa shape index (κ2) is 4.42. The summed E-state index contributed by atoms with van der Waals surface area (Å²) in [5, 5.41) is 9.08. The molecular weight excluding hydrogens is 160 g/mol. The van der Waals surface area contributed by atoms with E-state index in [4.69, 9.17) is 9.84 Å². The van der Waals surface area contributed by atoms with E-state index in [-0.39, 0.29) is 12.2 Å². The van der Waals surface area contributed by atoms with E-state index in [2.05, 4.69) is 4.74 Å². The monoisotopic (exact) mass is 176 g/mol. The van der Waals surface area contributed by atoms with Crippen LogP contribution in [0.5, 0.6) is 0 Å². The Morgan fingerprint density at radius 1 is 1.50 bits per heavy atom. The average Bonchev–Trinajstić information content (AvgIpc) is 1.97. The number of esters is 1. The maximum absolute atomic E-state index is 10.7. The maximum Gasteiger partial charge on any atom is 0.337 e. The number of aliphatic hydroxyl groups excluding tert-OH is 1. The number of ether oxygens (including phenoxy) is 2. The van der Waals surface area contributed by atoms with E-state index in [9.17, 15) is 4.79 Å². The highest BCUT2D eigenvalue weighted by molar-refractivity contribution is 5.74. The lowest BCUT2D eigenvalue weighted by Crippen LogP contribution is -2.32. The predicted octanol–water partition coefficient (Wildman–Crippen LogP) is 0.335. The molecule has 0 fully saturated rings. The second-order valence-electron chi connectivity index (χ2n) is 3.46. The molecule has 0 rings (SSSR count). The highest BCUT2D eigenvalue weighted by Gasteiger charge is 2.19. The summed E-state index contributed by atoms with van der Waals surface area (Å²) in [6.07, 6.45) is -1.19. The molecule has 0 radical (unpaired) electrons. The molecule has 1 N–H and O–H groups in total. The molecule has 0 saturated carbocycles. The van der Waals surface area contributed by atoms with Gasteiger partial charge >= 0.3 is 5.97 Å². The van der Waals surface area contributed by atoms with Crippen LogP contribution >= 0.6 is 0 Å². The minimum atomic E-state index is -1.19. The van der Waals surface area contributed by atoms with Crippen molar-refractivity contribution in [3.63, 3.8) is 0 Å². The van der Waals surface area contributed by atoms with Gasteiger partial charge in [-0.25, -0.2) is 4.79 Å². The third kappa shape index (κ3) is 5.09. The van der Waals surface area contributed by atoms with Crippen LogP contribution in [-0.4, -0.2) is 36.5 Å². The highest BCUT2D eigenvalue weighted by atomic mass is 16.6. The smallest absolute Gasteiger partial charge is 0.337 e. The van der Waals surface area contributed by atoms with Gasteiger partial charge in [-0.3, -0.25) is 0 Å². The first-order valence-corrected chi connectivity index (χ1v) is 3.76. The van der Waals surface area contributed by atoms with Gasteiger partial charge < -0.3 is 14.6 Å². The Hall–Kier alpha value is -0.610. The number of rotatable bonds is 3. The van der Waals surface area contributed by atoms with Crippen molar-refractivity contribution in [2.45, 2.75) is 32.5 Å². The molecule has 0 saturated heterocycles. The molecule has 0 heterocycles. The molecule has 0 aliphatic rings. The Morgan fingerprint density at radius 2 is 2.00 bits per heavy atom. The third-order valence-electron chi connectivity index (χ3n) is 1.15. The third-order valence-corrected chi connectivity index (χ3v) is 1.15. The molecule has 72 valence electrons. The molecule has 0 bridgehead atoms. The minimum Gasteiger partial charge on any atom is -0.467 e. The summed E-state index contributed by atoms with van der Waals surface area (Å²) in [6.45, 7) is 5.50. The van der Waals surface area contributed by atoms with Crippen LogP contribution in [0.4, 0.5) is 0 Å². The van der Waals surface area contributed by atoms with E-state index in [1.54, 1.807) is 0 Å². The fraction of sp³-hybridized carbons (Fsp3) is 0.875. The normalized spacial score (nSPS) is 14.1. The molecule has 0 aromatic rings. The number of hydrogen-bond acceptors (Lipinski definition) is 4. The zero-order valence-electron chi connectivity index (χ0n) is 7.96. The molecule has 4 heteroatoms. The molecular formula is C8H16O4. The summed E-state index contributed by atoms with van der Waals surface area (Å²) in [5.74, 6) is -0.667. The summed E-state index contributed by atoms with van der Waals surface area (Å²) in [7, 11) is 1.22. The molecule has 0 spiro atoms. The molecule has 0 aliphatic heterocycles. The Balaban J connectivity index is 3.72. The number of hydrogen-bond donors (Lipinski definition) is 1. The Bertz CT molecular complexity index is 148. The van der Waals surface area contributed by atoms with Crippen molar-refractivity contribution < 1.29 is 19.4 Å². The van der Waals surface area contributed by atoms with Crippen molar-refractivity contribution in [3.05, 3.63) is 0 Å². The first-order valence-electron chi connectivity index (χ1n) is 3.76. The lowest BCUT2D eigenvalue weighted by Gasteiger charge is -2.20. The van der Waals surface area contributed by atoms with E-state index < -0.39 is 12.1 Å². The van der Waals surface area contributed by atoms with Crippen LogP contribution in [0.15, 0.2) is 0 Å². The predicted molar refractivity (Wildman–Crippen MR) is 43.7 cm³/mol. The fourth-order valence-corrected chi connectivity index (χ4v) is 0.533. The molecule has 0 aromatic carbocycles. The lowest BCUT2D eigenvalue weighted by molar-refractivity contribution is -0.156. The summed E-state index contributed by atoms with van der Waals surface area (Å²) < 4.78 is 9.47. The van der Waals surface area contributed by atoms with Gasteiger partial charge in [-0.1, -0.05) is 0 Å². The number of carbonyl (C=O) groups is 1. The highest BCUT2D eigenvalue weighted by Crippen LogP contribution is 2.07. The van der Waals surface area contributed by atoms with Crippen LogP contribution < -0.4 is 0 Å². The Morgan fingerprint density at radius 3 is 2.33 bits per heavy atom. The SMILES string of the molecule is COC(=O)[C@@H](O)COC(C)(C)C. The molecule has 0 amide bonds. The van der Waals surface area contributed by atoms with Crippen LogP contribution in [0.25, 0.3) is 0 Å². The van der Waals surface area contributed by atoms with Crippen molar-refractivity contribution in [3.8, 4) is 0 Å². The fourth-order valence-electron chi connectivity index (χ4n) is 0.533. The number of carbonyl (C=O) groups excluding carboxylic acids is 1. The van der Waals surface area contributed by atoms with E-state index in [1.165, 1.54) is 7.11 Å². The van der Waals surface area contributed by atoms with Gasteiger partial charge in [-0.2, -0.15) is 0 Å². The quantitative estimate of drug-likeness (QED) is 0.630. The van der Waals surface area contributed by atoms with Gasteiger partial charge in [0.1, 0.15) is 0 Å². The van der Waals surface area contributed by atoms with Crippen LogP contribution in [0.1, 0.15) is 20.8 Å². The molecule has 1 atom stereocenters. The number of methoxy groups -OCH3 is 1. The van der Waals surface area contributed by atoms with Crippen LogP contribution in [0.3, 0.4) is 0 Å². The van der Waals surface area contributed by atoms with Crippen LogP contribution in [0, 0.1) is 0 Å². The van der Waals surface area contributed by atoms with Crippen molar-refractivity contribution in [2.24, 2.45) is 0 Å². The van der Waals surface area contributed by atoms with Gasteiger partial charge in [0.2, 0.25) is 0 Å². The second-order valence-corrected chi connectivity index (χ2v) is 3.46. The maximum atomic E-state index is 10.7. The summed E-state index contributed by atoms with van der Waals surface area (Å²) in [6, 6.07) is 0. The van der Waals surface area contributed by atoms with E-state index >= 15 is 0 Å². The first kappa shape index (κ1) is 11.4. The Labute approximate surface area is 72.5 Å². The molecule has 0 unspecified atom stereocenters. The zero-order valence-corrected chi connectivity index (χ0v) is 7.96. The van der Waals surface area contributed by atoms with Crippen molar-refractivity contribution in [1.82, 2.24) is 0 Å². The molecule has 4 nitrogen and oxygen atoms in total. The molecule has 0 aromatic heterocycles. The van der Waals surface area contributed by atoms with Gasteiger partial charge in [0, 0.05) is 0 Å². The topological polar surface area (TPSA) is 55.8 Å². The Kier molecular flexibility index (Phi) is 4.20. The van der Waals surface area contributed by atoms with Crippen molar-refractivity contribution in [2.75, 3.05) is 13.7 Å². The molecule has 12 heavy (non-hydrogen) atoms. The van der Waals surface area contributed by atoms with Crippen molar-refractivity contribution in [1.29, 1.82) is 0 Å². The zero-order chi connectivity index (χ0) is 9.78. The van der Waals surface area contributed by atoms with Gasteiger partial charge in [0.05, 0.1) is 19.3 Å². The summed E-state index contributed by atoms with van der Waals surface area (Å²) in [4.78, 5) is 10.7. The van der Waals surface area contributed by atoms with E-state index in [1.807, 2.05) is 20.8 Å². The summed E-state index contributed by atoms with van der Waals surface area (Å²) >= 11 is 0. The van der Waals surface area contributed by atoms with Gasteiger partial charge in [-0.15, -0.1) is 0 Å². The van der Waals surface area contributed by atoms with E-state index in [0.29, 0.717) is 0 Å². The van der Waals surface area contributed by atoms with Gasteiger partial charge in [0.25, 0.3) is 0 Å². The summed E-state index contributed by atoms with van der Waals surface area (Å²) in [5.41, 5.74) is -0.352. The average molecular weight is 176 g/mol. The van der Waals surface area contributed by atoms with Crippen LogP contribution in [-0.2, 0) is 14.3 Å². The minimum absolute atomic E-state index is 0.0316. The van der Waals surface area contributed by atoms with Crippen molar-refractivity contribution >= 4 is 5.97 Å². The lowest BCUT2D eigenvalue weighted by atomic mass is 10.2. The largest absolute Gasteiger partial charge is 0.467 e. The standard InChI is InChI=1S/C8H16O4/c1-8(2,3)12-5-6(9)7(10)11-4/h6,9H,5H2,1-4H3/t6-/m0/s1. The first-order chi connectivity index (χ1) is 5.37. The van der Waals surface area contributed by atoms with Gasteiger partial charge in [0.15, 0.2) is 6.10 Å². The number of aliphatic hydroxyl groups is 1. The molecule has 0 aliphatic carbocycles. The van der Waals surface area contributed by atoms with Gasteiger partial charge in [-0.05, 0) is 20.8 Å². The van der Waals surface area contributed by atoms with E-state index in [0.717, 1.165) is 0 Å². The van der Waals surface area contributed by atoms with Crippen LogP contribution in [0.2, 0.25) is 0 Å².